The molecule has 0 bridgehead atoms. The van der Waals surface area contributed by atoms with Crippen LogP contribution in [0.25, 0.3) is 0 Å². The highest BCUT2D eigenvalue weighted by Crippen LogP contribution is 2.29. The third kappa shape index (κ3) is 8.35. The molecule has 2 aliphatic heterocycles. The van der Waals surface area contributed by atoms with Crippen molar-refractivity contribution < 1.29 is 43.9 Å². The highest BCUT2D eigenvalue weighted by molar-refractivity contribution is 5.90. The minimum atomic E-state index is -1.47. The zero-order valence-corrected chi connectivity index (χ0v) is 28.3. The van der Waals surface area contributed by atoms with E-state index in [2.05, 4.69) is 9.97 Å². The van der Waals surface area contributed by atoms with Gasteiger partial charge in [0.05, 0.1) is 24.3 Å². The first-order chi connectivity index (χ1) is 24.8. The van der Waals surface area contributed by atoms with Crippen LogP contribution in [0.2, 0.25) is 0 Å². The molecule has 4 aromatic rings. The maximum atomic E-state index is 12.3. The van der Waals surface area contributed by atoms with Gasteiger partial charge in [-0.1, -0.05) is 43.3 Å². The van der Waals surface area contributed by atoms with Gasteiger partial charge in [-0.05, 0) is 38.1 Å². The van der Waals surface area contributed by atoms with Gasteiger partial charge >= 0.3 is 23.3 Å². The predicted molar refractivity (Wildman–Crippen MR) is 181 cm³/mol. The molecule has 0 radical (unpaired) electrons. The number of esters is 2. The smallest absolute Gasteiger partial charge is 0.338 e. The Morgan fingerprint density at radius 2 is 1.12 bits per heavy atom. The van der Waals surface area contributed by atoms with E-state index in [0.717, 1.165) is 9.13 Å². The Morgan fingerprint density at radius 1 is 0.673 bits per heavy atom. The molecule has 2 aromatic carbocycles. The number of hydrogen-bond donors (Lipinski definition) is 5. The summed E-state index contributed by atoms with van der Waals surface area (Å²) >= 11 is 0. The van der Waals surface area contributed by atoms with Gasteiger partial charge in [0.2, 0.25) is 0 Å². The van der Waals surface area contributed by atoms with Gasteiger partial charge < -0.3 is 34.3 Å². The van der Waals surface area contributed by atoms with E-state index in [-0.39, 0.29) is 30.3 Å². The number of hydrogen-bond acceptors (Lipinski definition) is 13. The number of benzene rings is 2. The van der Waals surface area contributed by atoms with Crippen molar-refractivity contribution in [2.45, 2.75) is 63.7 Å². The van der Waals surface area contributed by atoms with Crippen molar-refractivity contribution in [3.05, 3.63) is 137 Å². The number of nitrogens with zero attached hydrogens (tertiary/aromatic N) is 2. The second kappa shape index (κ2) is 16.3. The largest absolute Gasteiger partial charge is 0.455 e. The summed E-state index contributed by atoms with van der Waals surface area (Å²) in [5.41, 5.74) is -1.39. The number of carbonyl (C=O) groups excluding carboxylic acids is 2. The molecule has 8 atom stereocenters. The summed E-state index contributed by atoms with van der Waals surface area (Å²) in [7, 11) is 0. The molecule has 2 aliphatic rings. The van der Waals surface area contributed by atoms with Crippen molar-refractivity contribution in [3.8, 4) is 0 Å². The van der Waals surface area contributed by atoms with Crippen molar-refractivity contribution in [1.82, 2.24) is 19.1 Å². The molecule has 5 N–H and O–H groups in total. The van der Waals surface area contributed by atoms with Crippen molar-refractivity contribution in [1.29, 1.82) is 0 Å². The molecule has 0 saturated carbocycles. The van der Waals surface area contributed by atoms with Gasteiger partial charge in [-0.3, -0.25) is 28.7 Å². The fraction of sp³-hybridized carbons (Fsp3) is 0.371. The monoisotopic (exact) mass is 722 g/mol. The lowest BCUT2D eigenvalue weighted by Crippen LogP contribution is -2.54. The quantitative estimate of drug-likeness (QED) is 0.164. The maximum absolute atomic E-state index is 12.3. The molecule has 52 heavy (non-hydrogen) atoms. The zero-order chi connectivity index (χ0) is 37.7. The number of aliphatic hydroxyl groups is 3. The molecule has 2 unspecified atom stereocenters. The summed E-state index contributed by atoms with van der Waals surface area (Å²) in [5, 5.41) is 30.8. The molecular weight excluding hydrogens is 684 g/mol. The molecule has 0 amide bonds. The molecule has 4 heterocycles. The minimum absolute atomic E-state index is 0.180. The van der Waals surface area contributed by atoms with Crippen LogP contribution in [0.3, 0.4) is 0 Å². The molecule has 0 spiro atoms. The van der Waals surface area contributed by atoms with E-state index in [4.69, 9.17) is 18.9 Å². The zero-order valence-electron chi connectivity index (χ0n) is 28.3. The Balaban J connectivity index is 0.000000201. The third-order valence-corrected chi connectivity index (χ3v) is 8.51. The summed E-state index contributed by atoms with van der Waals surface area (Å²) in [6.45, 7) is 4.73. The second-order valence-electron chi connectivity index (χ2n) is 12.4. The summed E-state index contributed by atoms with van der Waals surface area (Å²) in [4.78, 5) is 76.2. The van der Waals surface area contributed by atoms with Crippen LogP contribution in [0.1, 0.15) is 51.2 Å². The normalized spacial score (nSPS) is 25.7. The van der Waals surface area contributed by atoms with Gasteiger partial charge in [0.25, 0.3) is 11.1 Å². The van der Waals surface area contributed by atoms with E-state index in [0.29, 0.717) is 11.1 Å². The van der Waals surface area contributed by atoms with Gasteiger partial charge in [0.1, 0.15) is 24.4 Å². The molecule has 2 saturated heterocycles. The standard InChI is InChI=1S/C18H20N2O6.C17H18N2O7/c1-10-8-20(18(24)19-15(10)22)16-13(21)14(11(2)9-25-16)26-17(23)12-6-4-3-5-7-12;1-9-7-19(17(24)18-14(9)22)15-13(12(21)11(20)8-25-15)26-16(23)10-5-3-2-4-6-10/h3-8,11,13-14,16,21H,9H2,1-2H3,(H,19,22,24);2-7,11-13,15,20-21H,8H2,1H3,(H,18,22,24)/t11-,13+,14-,16?;11-,12+,13+,15?/m11/s1. The van der Waals surface area contributed by atoms with Crippen LogP contribution in [0.15, 0.2) is 92.2 Å². The number of aliphatic hydroxyl groups excluding tert-OH is 3. The van der Waals surface area contributed by atoms with Crippen LogP contribution in [0.4, 0.5) is 0 Å². The van der Waals surface area contributed by atoms with Gasteiger partial charge in [-0.15, -0.1) is 0 Å². The average molecular weight is 723 g/mol. The van der Waals surface area contributed by atoms with E-state index in [9.17, 15) is 44.1 Å². The Kier molecular flexibility index (Phi) is 11.8. The first-order valence-electron chi connectivity index (χ1n) is 16.2. The van der Waals surface area contributed by atoms with Crippen LogP contribution in [-0.4, -0.2) is 90.1 Å². The minimum Gasteiger partial charge on any atom is -0.455 e. The van der Waals surface area contributed by atoms with Crippen LogP contribution in [0, 0.1) is 19.8 Å². The number of nitrogens with one attached hydrogen (secondary N) is 2. The van der Waals surface area contributed by atoms with E-state index >= 15 is 0 Å². The molecule has 2 fully saturated rings. The van der Waals surface area contributed by atoms with Crippen molar-refractivity contribution >= 4 is 11.9 Å². The molecular formula is C35H38N4O13. The Hall–Kier alpha value is -5.46. The summed E-state index contributed by atoms with van der Waals surface area (Å²) in [6, 6.07) is 16.5. The molecule has 276 valence electrons. The highest BCUT2D eigenvalue weighted by atomic mass is 16.6. The SMILES string of the molecule is Cc1cn(C2OC[C@@H](C)[C@@H](OC(=O)c3ccccc3)[C@@H]2O)c(=O)[nH]c1=O.Cc1cn(C2OC[C@@H](O)[C@H](O)[C@@H]2OC(=O)c2ccccc2)c(=O)[nH]c1=O. The number of rotatable bonds is 6. The molecule has 17 heteroatoms. The Bertz CT molecular complexity index is 2110. The van der Waals surface area contributed by atoms with Gasteiger partial charge in [-0.25, -0.2) is 19.2 Å². The van der Waals surface area contributed by atoms with Crippen molar-refractivity contribution in [2.75, 3.05) is 13.2 Å². The topological polar surface area (TPSA) is 241 Å². The lowest BCUT2D eigenvalue weighted by molar-refractivity contribution is -0.212. The maximum Gasteiger partial charge on any atom is 0.338 e. The summed E-state index contributed by atoms with van der Waals surface area (Å²) in [6.07, 6.45) is -5.95. The van der Waals surface area contributed by atoms with Crippen LogP contribution >= 0.6 is 0 Å². The van der Waals surface area contributed by atoms with E-state index in [1.807, 2.05) is 0 Å². The van der Waals surface area contributed by atoms with Gasteiger partial charge in [0.15, 0.2) is 18.6 Å². The average Bonchev–Trinajstić information content (AvgIpc) is 3.13. The fourth-order valence-corrected chi connectivity index (χ4v) is 5.60. The van der Waals surface area contributed by atoms with Crippen molar-refractivity contribution in [3.63, 3.8) is 0 Å². The van der Waals surface area contributed by atoms with E-state index in [1.165, 1.54) is 31.5 Å². The summed E-state index contributed by atoms with van der Waals surface area (Å²) < 4.78 is 24.0. The fourth-order valence-electron chi connectivity index (χ4n) is 5.60. The lowest BCUT2D eigenvalue weighted by Gasteiger charge is -2.38. The highest BCUT2D eigenvalue weighted by Gasteiger charge is 2.44. The Labute approximate surface area is 294 Å². The first-order valence-corrected chi connectivity index (χ1v) is 16.2. The lowest BCUT2D eigenvalue weighted by atomic mass is 9.96. The number of aromatic nitrogens is 4. The van der Waals surface area contributed by atoms with E-state index < -0.39 is 77.4 Å². The number of aryl methyl sites for hydroxylation is 2. The van der Waals surface area contributed by atoms with Crippen LogP contribution in [0.5, 0.6) is 0 Å². The molecule has 17 nitrogen and oxygen atoms in total. The van der Waals surface area contributed by atoms with Gasteiger partial charge in [-0.2, -0.15) is 0 Å². The second-order valence-corrected chi connectivity index (χ2v) is 12.4. The predicted octanol–water partition coefficient (Wildman–Crippen LogP) is -0.0824. The van der Waals surface area contributed by atoms with Crippen molar-refractivity contribution in [2.24, 2.45) is 5.92 Å². The van der Waals surface area contributed by atoms with Crippen LogP contribution in [-0.2, 0) is 18.9 Å². The van der Waals surface area contributed by atoms with E-state index in [1.54, 1.807) is 62.4 Å². The first kappa shape index (κ1) is 37.8. The Morgan fingerprint density at radius 3 is 1.62 bits per heavy atom. The van der Waals surface area contributed by atoms with Gasteiger partial charge in [0, 0.05) is 29.4 Å². The molecule has 2 aromatic heterocycles. The number of aromatic amines is 2. The summed E-state index contributed by atoms with van der Waals surface area (Å²) in [5.74, 6) is -1.58. The number of ether oxygens (including phenoxy) is 4. The third-order valence-electron chi connectivity index (χ3n) is 8.51. The molecule has 0 aliphatic carbocycles. The number of H-pyrrole nitrogens is 2. The molecule has 6 rings (SSSR count). The van der Waals surface area contributed by atoms with Crippen LogP contribution < -0.4 is 22.5 Å². The number of carbonyl (C=O) groups is 2.